The smallest absolute Gasteiger partial charge is 0.326 e. The van der Waals surface area contributed by atoms with Crippen LogP contribution >= 0.6 is 0 Å². The van der Waals surface area contributed by atoms with Gasteiger partial charge in [-0.15, -0.1) is 0 Å². The summed E-state index contributed by atoms with van der Waals surface area (Å²) in [6.07, 6.45) is 2.23. The first-order chi connectivity index (χ1) is 23.4. The molecule has 0 radical (unpaired) electrons. The number of carboxylic acids is 1. The van der Waals surface area contributed by atoms with E-state index in [1.54, 1.807) is 13.8 Å². The highest BCUT2D eigenvalue weighted by molar-refractivity contribution is 5.96. The van der Waals surface area contributed by atoms with Crippen LogP contribution in [0.15, 0.2) is 60.7 Å². The van der Waals surface area contributed by atoms with Gasteiger partial charge in [0, 0.05) is 19.5 Å². The molecule has 0 spiro atoms. The minimum absolute atomic E-state index is 0.151. The van der Waals surface area contributed by atoms with Crippen molar-refractivity contribution in [3.05, 3.63) is 71.8 Å². The summed E-state index contributed by atoms with van der Waals surface area (Å²) in [4.78, 5) is 81.8. The maximum absolute atomic E-state index is 13.7. The Morgan fingerprint density at radius 3 is 1.82 bits per heavy atom. The molecule has 5 amide bonds. The molecule has 2 heterocycles. The highest BCUT2D eigenvalue weighted by atomic mass is 16.4. The molecule has 6 N–H and O–H groups in total. The zero-order chi connectivity index (χ0) is 35.7. The number of nitrogens with zero attached hydrogens (tertiary/aromatic N) is 2. The normalized spacial score (nSPS) is 19.9. The van der Waals surface area contributed by atoms with Crippen LogP contribution in [-0.4, -0.2) is 99.8 Å². The average molecular weight is 677 g/mol. The number of hydrogen-bond acceptors (Lipinski definition) is 7. The Morgan fingerprint density at radius 2 is 1.27 bits per heavy atom. The summed E-state index contributed by atoms with van der Waals surface area (Å²) in [5, 5.41) is 17.9. The molecule has 6 atom stereocenters. The molecule has 4 rings (SSSR count). The molecule has 13 heteroatoms. The molecule has 1 unspecified atom stereocenters. The van der Waals surface area contributed by atoms with Gasteiger partial charge in [0.1, 0.15) is 30.2 Å². The number of hydrogen-bond donors (Lipinski definition) is 5. The largest absolute Gasteiger partial charge is 0.480 e. The molecular weight excluding hydrogens is 628 g/mol. The second-order valence-electron chi connectivity index (χ2n) is 13.2. The minimum Gasteiger partial charge on any atom is -0.480 e. The first-order valence-corrected chi connectivity index (χ1v) is 17.0. The highest BCUT2D eigenvalue weighted by Crippen LogP contribution is 2.22. The fraction of sp³-hybridized carbons (Fsp3) is 0.500. The van der Waals surface area contributed by atoms with Crippen molar-refractivity contribution in [2.24, 2.45) is 11.7 Å². The van der Waals surface area contributed by atoms with E-state index in [2.05, 4.69) is 16.0 Å². The van der Waals surface area contributed by atoms with Crippen LogP contribution < -0.4 is 21.7 Å². The van der Waals surface area contributed by atoms with Gasteiger partial charge in [-0.2, -0.15) is 0 Å². The number of likely N-dealkylation sites (tertiary alicyclic amines) is 2. The Balaban J connectivity index is 1.40. The van der Waals surface area contributed by atoms with Gasteiger partial charge in [-0.1, -0.05) is 74.5 Å². The number of aliphatic carboxylic acids is 1. The molecule has 2 aliphatic rings. The summed E-state index contributed by atoms with van der Waals surface area (Å²) in [5.41, 5.74) is 7.81. The molecule has 13 nitrogen and oxygen atoms in total. The van der Waals surface area contributed by atoms with Crippen molar-refractivity contribution in [2.75, 3.05) is 13.1 Å². The third-order valence-electron chi connectivity index (χ3n) is 9.17. The van der Waals surface area contributed by atoms with Gasteiger partial charge in [-0.3, -0.25) is 24.0 Å². The lowest BCUT2D eigenvalue weighted by atomic mass is 10.0. The number of benzene rings is 2. The molecule has 2 aliphatic heterocycles. The standard InChI is InChI=1S/C36H48N6O7/c1-22(2)30(40-31(43)26(37)20-24-12-6-4-7-13-24)33(45)38-23(3)34(46)41-18-10-16-28(41)32(44)39-27(21-25-14-8-5-9-15-25)35(47)42-19-11-17-29(42)36(48)49/h4-9,12-15,22-23,26-30H,10-11,16-21,37H2,1-3H3,(H,38,45)(H,39,44)(H,40,43)(H,48,49)/t23-,26-,27?,28-,29-,30-/m0/s1. The van der Waals surface area contributed by atoms with Crippen LogP contribution in [0.3, 0.4) is 0 Å². The number of carboxylic acid groups (broad SMARTS) is 1. The maximum Gasteiger partial charge on any atom is 0.326 e. The van der Waals surface area contributed by atoms with Gasteiger partial charge in [-0.25, -0.2) is 4.79 Å². The fourth-order valence-electron chi connectivity index (χ4n) is 6.48. The Kier molecular flexibility index (Phi) is 12.9. The van der Waals surface area contributed by atoms with E-state index in [-0.39, 0.29) is 25.4 Å². The van der Waals surface area contributed by atoms with Crippen molar-refractivity contribution >= 4 is 35.5 Å². The molecule has 2 fully saturated rings. The Hall–Kier alpha value is -4.78. The lowest BCUT2D eigenvalue weighted by molar-refractivity contribution is -0.149. The molecule has 0 saturated carbocycles. The van der Waals surface area contributed by atoms with Crippen molar-refractivity contribution in [3.8, 4) is 0 Å². The minimum atomic E-state index is -1.09. The second kappa shape index (κ2) is 17.0. The summed E-state index contributed by atoms with van der Waals surface area (Å²) >= 11 is 0. The number of nitrogens with one attached hydrogen (secondary N) is 3. The zero-order valence-electron chi connectivity index (χ0n) is 28.3. The van der Waals surface area contributed by atoms with E-state index in [1.165, 1.54) is 16.7 Å². The van der Waals surface area contributed by atoms with E-state index >= 15 is 0 Å². The third kappa shape index (κ3) is 9.65. The van der Waals surface area contributed by atoms with E-state index < -0.39 is 71.8 Å². The topological polar surface area (TPSA) is 191 Å². The number of carbonyl (C=O) groups is 6. The predicted octanol–water partition coefficient (Wildman–Crippen LogP) is 0.996. The summed E-state index contributed by atoms with van der Waals surface area (Å²) in [6, 6.07) is 12.7. The van der Waals surface area contributed by atoms with Crippen molar-refractivity contribution in [1.29, 1.82) is 0 Å². The van der Waals surface area contributed by atoms with E-state index in [0.717, 1.165) is 11.1 Å². The van der Waals surface area contributed by atoms with Gasteiger partial charge in [0.15, 0.2) is 0 Å². The highest BCUT2D eigenvalue weighted by Gasteiger charge is 2.41. The lowest BCUT2D eigenvalue weighted by Gasteiger charge is -2.31. The van der Waals surface area contributed by atoms with Crippen LogP contribution in [0.1, 0.15) is 57.6 Å². The molecule has 2 saturated heterocycles. The summed E-state index contributed by atoms with van der Waals surface area (Å²) in [5.74, 6) is -3.92. The monoisotopic (exact) mass is 676 g/mol. The quantitative estimate of drug-likeness (QED) is 0.196. The predicted molar refractivity (Wildman–Crippen MR) is 182 cm³/mol. The van der Waals surface area contributed by atoms with Crippen molar-refractivity contribution in [1.82, 2.24) is 25.8 Å². The first kappa shape index (κ1) is 37.0. The Bertz CT molecular complexity index is 1490. The maximum atomic E-state index is 13.7. The molecule has 2 aromatic carbocycles. The zero-order valence-corrected chi connectivity index (χ0v) is 28.3. The fourth-order valence-corrected chi connectivity index (χ4v) is 6.48. The van der Waals surface area contributed by atoms with Crippen LogP contribution in [0.5, 0.6) is 0 Å². The van der Waals surface area contributed by atoms with Gasteiger partial charge in [0.25, 0.3) is 0 Å². The number of nitrogens with two attached hydrogens (primary N) is 1. The first-order valence-electron chi connectivity index (χ1n) is 17.0. The van der Waals surface area contributed by atoms with Crippen LogP contribution in [0.25, 0.3) is 0 Å². The van der Waals surface area contributed by atoms with Crippen LogP contribution in [-0.2, 0) is 41.6 Å². The summed E-state index contributed by atoms with van der Waals surface area (Å²) in [6.45, 7) is 5.62. The molecule has 49 heavy (non-hydrogen) atoms. The average Bonchev–Trinajstić information content (AvgIpc) is 3.78. The van der Waals surface area contributed by atoms with Crippen molar-refractivity contribution in [3.63, 3.8) is 0 Å². The van der Waals surface area contributed by atoms with Gasteiger partial charge < -0.3 is 36.6 Å². The SMILES string of the molecule is CC(C)[C@H](NC(=O)[C@@H](N)Cc1ccccc1)C(=O)N[C@@H](C)C(=O)N1CCC[C@H]1C(=O)NC(Cc1ccccc1)C(=O)N1CCC[C@H]1C(=O)O. The molecule has 0 aromatic heterocycles. The van der Waals surface area contributed by atoms with Crippen molar-refractivity contribution < 1.29 is 33.9 Å². The molecule has 0 bridgehead atoms. The van der Waals surface area contributed by atoms with Gasteiger partial charge >= 0.3 is 5.97 Å². The van der Waals surface area contributed by atoms with Gasteiger partial charge in [0.05, 0.1) is 6.04 Å². The summed E-state index contributed by atoms with van der Waals surface area (Å²) in [7, 11) is 0. The number of carbonyl (C=O) groups excluding carboxylic acids is 5. The summed E-state index contributed by atoms with van der Waals surface area (Å²) < 4.78 is 0. The van der Waals surface area contributed by atoms with Crippen molar-refractivity contribution in [2.45, 2.75) is 95.5 Å². The van der Waals surface area contributed by atoms with Gasteiger partial charge in [-0.05, 0) is 56.1 Å². The van der Waals surface area contributed by atoms with E-state index in [0.29, 0.717) is 32.1 Å². The molecule has 2 aromatic rings. The molecular formula is C36H48N6O7. The van der Waals surface area contributed by atoms with Crippen LogP contribution in [0.2, 0.25) is 0 Å². The van der Waals surface area contributed by atoms with E-state index in [1.807, 2.05) is 60.7 Å². The van der Waals surface area contributed by atoms with Crippen LogP contribution in [0.4, 0.5) is 0 Å². The Labute approximate surface area is 287 Å². The second-order valence-corrected chi connectivity index (χ2v) is 13.2. The van der Waals surface area contributed by atoms with Gasteiger partial charge in [0.2, 0.25) is 29.5 Å². The van der Waals surface area contributed by atoms with E-state index in [4.69, 9.17) is 5.73 Å². The van der Waals surface area contributed by atoms with Crippen LogP contribution in [0, 0.1) is 5.92 Å². The lowest BCUT2D eigenvalue weighted by Crippen LogP contribution is -2.59. The molecule has 264 valence electrons. The Morgan fingerprint density at radius 1 is 0.735 bits per heavy atom. The van der Waals surface area contributed by atoms with E-state index in [9.17, 15) is 33.9 Å². The molecule has 0 aliphatic carbocycles. The number of amides is 5. The number of rotatable bonds is 14. The third-order valence-corrected chi connectivity index (χ3v) is 9.17.